The molecule has 1 N–H and O–H groups in total. The second-order valence-corrected chi connectivity index (χ2v) is 5.42. The number of thiophene rings is 1. The summed E-state index contributed by atoms with van der Waals surface area (Å²) in [5.41, 5.74) is 2.66. The molecule has 0 fully saturated rings. The van der Waals surface area contributed by atoms with Gasteiger partial charge < -0.3 is 5.32 Å². The van der Waals surface area contributed by atoms with Crippen molar-refractivity contribution in [2.24, 2.45) is 0 Å². The molecular weight excluding hydrogens is 254 g/mol. The molecule has 2 heterocycles. The summed E-state index contributed by atoms with van der Waals surface area (Å²) in [5, 5.41) is 6.55. The van der Waals surface area contributed by atoms with Crippen molar-refractivity contribution in [3.63, 3.8) is 0 Å². The van der Waals surface area contributed by atoms with Crippen molar-refractivity contribution in [1.82, 2.24) is 9.97 Å². The summed E-state index contributed by atoms with van der Waals surface area (Å²) in [5.74, 6) is 0.930. The van der Waals surface area contributed by atoms with Crippen molar-refractivity contribution in [3.8, 4) is 0 Å². The van der Waals surface area contributed by atoms with E-state index in [0.29, 0.717) is 0 Å². The first-order chi connectivity index (χ1) is 9.33. The predicted molar refractivity (Wildman–Crippen MR) is 80.8 cm³/mol. The van der Waals surface area contributed by atoms with Crippen LogP contribution in [0.5, 0.6) is 0 Å². The van der Waals surface area contributed by atoms with E-state index in [2.05, 4.69) is 52.5 Å². The molecule has 3 nitrogen and oxygen atoms in total. The lowest BCUT2D eigenvalue weighted by molar-refractivity contribution is 1.00. The van der Waals surface area contributed by atoms with Gasteiger partial charge in [-0.3, -0.25) is 0 Å². The van der Waals surface area contributed by atoms with Crippen LogP contribution in [-0.4, -0.2) is 16.5 Å². The maximum Gasteiger partial charge on any atom is 0.138 e. The van der Waals surface area contributed by atoms with Crippen molar-refractivity contribution in [2.45, 2.75) is 13.3 Å². The van der Waals surface area contributed by atoms with E-state index in [1.807, 2.05) is 5.38 Å². The molecule has 0 saturated heterocycles. The van der Waals surface area contributed by atoms with Crippen LogP contribution in [0.2, 0.25) is 0 Å². The van der Waals surface area contributed by atoms with E-state index in [0.717, 1.165) is 29.0 Å². The Balaban J connectivity index is 1.68. The highest BCUT2D eigenvalue weighted by molar-refractivity contribution is 7.16. The van der Waals surface area contributed by atoms with E-state index in [9.17, 15) is 0 Å². The Kier molecular flexibility index (Phi) is 3.42. The number of nitrogens with one attached hydrogen (secondary N) is 1. The summed E-state index contributed by atoms with van der Waals surface area (Å²) in [7, 11) is 0. The van der Waals surface area contributed by atoms with Gasteiger partial charge in [-0.25, -0.2) is 9.97 Å². The van der Waals surface area contributed by atoms with E-state index >= 15 is 0 Å². The van der Waals surface area contributed by atoms with Crippen LogP contribution in [0.25, 0.3) is 10.2 Å². The monoisotopic (exact) mass is 269 g/mol. The van der Waals surface area contributed by atoms with Crippen LogP contribution in [0, 0.1) is 6.92 Å². The van der Waals surface area contributed by atoms with Gasteiger partial charge in [0.25, 0.3) is 0 Å². The maximum atomic E-state index is 4.31. The van der Waals surface area contributed by atoms with E-state index < -0.39 is 0 Å². The molecule has 19 heavy (non-hydrogen) atoms. The summed E-state index contributed by atoms with van der Waals surface area (Å²) in [4.78, 5) is 9.59. The molecular formula is C15H15N3S. The van der Waals surface area contributed by atoms with Crippen molar-refractivity contribution in [1.29, 1.82) is 0 Å². The van der Waals surface area contributed by atoms with Gasteiger partial charge in [-0.05, 0) is 30.4 Å². The fraction of sp³-hybridized carbons (Fsp3) is 0.200. The van der Waals surface area contributed by atoms with Gasteiger partial charge in [-0.2, -0.15) is 0 Å². The average Bonchev–Trinajstić information content (AvgIpc) is 2.88. The number of anilines is 1. The number of fused-ring (bicyclic) bond motifs is 1. The third-order valence-corrected chi connectivity index (χ3v) is 3.87. The quantitative estimate of drug-likeness (QED) is 0.785. The Labute approximate surface area is 116 Å². The molecule has 0 aliphatic heterocycles. The van der Waals surface area contributed by atoms with Crippen LogP contribution >= 0.6 is 11.3 Å². The van der Waals surface area contributed by atoms with Crippen LogP contribution in [0.4, 0.5) is 5.82 Å². The maximum absolute atomic E-state index is 4.31. The molecule has 1 aromatic carbocycles. The SMILES string of the molecule is Cc1cccc(CCNc2ncnc3sccc23)c1. The molecule has 4 heteroatoms. The largest absolute Gasteiger partial charge is 0.369 e. The molecule has 0 saturated carbocycles. The first kappa shape index (κ1) is 12.1. The summed E-state index contributed by atoms with van der Waals surface area (Å²) >= 11 is 1.64. The highest BCUT2D eigenvalue weighted by Gasteiger charge is 2.03. The zero-order valence-electron chi connectivity index (χ0n) is 10.8. The van der Waals surface area contributed by atoms with Gasteiger partial charge in [-0.15, -0.1) is 11.3 Å². The number of hydrogen-bond acceptors (Lipinski definition) is 4. The molecule has 0 amide bonds. The lowest BCUT2D eigenvalue weighted by Gasteiger charge is -2.07. The predicted octanol–water partition coefficient (Wildman–Crippen LogP) is 3.65. The molecule has 0 aliphatic carbocycles. The Morgan fingerprint density at radius 2 is 2.16 bits per heavy atom. The topological polar surface area (TPSA) is 37.8 Å². The first-order valence-electron chi connectivity index (χ1n) is 6.30. The number of nitrogens with zero attached hydrogens (tertiary/aromatic N) is 2. The second-order valence-electron chi connectivity index (χ2n) is 4.53. The van der Waals surface area contributed by atoms with Crippen molar-refractivity contribution >= 4 is 27.4 Å². The molecule has 0 bridgehead atoms. The van der Waals surface area contributed by atoms with Crippen molar-refractivity contribution < 1.29 is 0 Å². The minimum Gasteiger partial charge on any atom is -0.369 e. The number of aryl methyl sites for hydroxylation is 1. The summed E-state index contributed by atoms with van der Waals surface area (Å²) in [6.45, 7) is 3.00. The van der Waals surface area contributed by atoms with E-state index in [4.69, 9.17) is 0 Å². The minimum absolute atomic E-state index is 0.880. The molecule has 3 rings (SSSR count). The molecule has 3 aromatic rings. The standard InChI is InChI=1S/C15H15N3S/c1-11-3-2-4-12(9-11)5-7-16-14-13-6-8-19-15(13)18-10-17-14/h2-4,6,8-10H,5,7H2,1H3,(H,16,17,18). The van der Waals surface area contributed by atoms with Gasteiger partial charge in [0.2, 0.25) is 0 Å². The van der Waals surface area contributed by atoms with Crippen molar-refractivity contribution in [2.75, 3.05) is 11.9 Å². The smallest absolute Gasteiger partial charge is 0.138 e. The number of rotatable bonds is 4. The molecule has 0 aliphatic rings. The lowest BCUT2D eigenvalue weighted by atomic mass is 10.1. The third kappa shape index (κ3) is 2.74. The molecule has 2 aromatic heterocycles. The second kappa shape index (κ2) is 5.36. The molecule has 96 valence electrons. The zero-order chi connectivity index (χ0) is 13.1. The van der Waals surface area contributed by atoms with Crippen LogP contribution in [-0.2, 0) is 6.42 Å². The van der Waals surface area contributed by atoms with Gasteiger partial charge in [0.15, 0.2) is 0 Å². The number of benzene rings is 1. The highest BCUT2D eigenvalue weighted by atomic mass is 32.1. The molecule has 0 unspecified atom stereocenters. The zero-order valence-corrected chi connectivity index (χ0v) is 11.6. The summed E-state index contributed by atoms with van der Waals surface area (Å²) < 4.78 is 0. The number of aromatic nitrogens is 2. The van der Waals surface area contributed by atoms with Crippen LogP contribution in [0.1, 0.15) is 11.1 Å². The van der Waals surface area contributed by atoms with Crippen LogP contribution in [0.3, 0.4) is 0 Å². The Bertz CT molecular complexity index is 690. The summed E-state index contributed by atoms with van der Waals surface area (Å²) in [6, 6.07) is 10.7. The van der Waals surface area contributed by atoms with Gasteiger partial charge in [0, 0.05) is 6.54 Å². The molecule has 0 spiro atoms. The van der Waals surface area contributed by atoms with E-state index in [1.54, 1.807) is 17.7 Å². The summed E-state index contributed by atoms with van der Waals surface area (Å²) in [6.07, 6.45) is 2.62. The lowest BCUT2D eigenvalue weighted by Crippen LogP contribution is -2.06. The van der Waals surface area contributed by atoms with E-state index in [-0.39, 0.29) is 0 Å². The van der Waals surface area contributed by atoms with Gasteiger partial charge in [0.05, 0.1) is 5.39 Å². The first-order valence-corrected chi connectivity index (χ1v) is 7.18. The Hall–Kier alpha value is -1.94. The molecule has 0 atom stereocenters. The highest BCUT2D eigenvalue weighted by Crippen LogP contribution is 2.23. The van der Waals surface area contributed by atoms with Gasteiger partial charge in [-0.1, -0.05) is 29.8 Å². The number of hydrogen-bond donors (Lipinski definition) is 1. The normalized spacial score (nSPS) is 10.8. The van der Waals surface area contributed by atoms with Gasteiger partial charge in [0.1, 0.15) is 17.0 Å². The average molecular weight is 269 g/mol. The fourth-order valence-electron chi connectivity index (χ4n) is 2.12. The fourth-order valence-corrected chi connectivity index (χ4v) is 2.86. The van der Waals surface area contributed by atoms with Crippen molar-refractivity contribution in [3.05, 3.63) is 53.2 Å². The minimum atomic E-state index is 0.880. The Morgan fingerprint density at radius 1 is 1.21 bits per heavy atom. The van der Waals surface area contributed by atoms with Crippen LogP contribution in [0.15, 0.2) is 42.0 Å². The molecule has 0 radical (unpaired) electrons. The van der Waals surface area contributed by atoms with Crippen LogP contribution < -0.4 is 5.32 Å². The van der Waals surface area contributed by atoms with Gasteiger partial charge >= 0.3 is 0 Å². The third-order valence-electron chi connectivity index (χ3n) is 3.05. The van der Waals surface area contributed by atoms with E-state index in [1.165, 1.54) is 11.1 Å². The Morgan fingerprint density at radius 3 is 3.05 bits per heavy atom.